The number of aromatic hydroxyl groups is 1. The smallest absolute Gasteiger partial charge is 0.163 e. The fourth-order valence-electron chi connectivity index (χ4n) is 1.26. The number of para-hydroxylation sites is 2. The van der Waals surface area contributed by atoms with Crippen LogP contribution in [-0.2, 0) is 0 Å². The molecule has 0 saturated carbocycles. The van der Waals surface area contributed by atoms with E-state index >= 15 is 0 Å². The minimum Gasteiger partial charge on any atom is -0.504 e. The van der Waals surface area contributed by atoms with Gasteiger partial charge in [-0.2, -0.15) is 0 Å². The van der Waals surface area contributed by atoms with Crippen molar-refractivity contribution in [2.75, 3.05) is 14.1 Å². The summed E-state index contributed by atoms with van der Waals surface area (Å²) >= 11 is 0. The Morgan fingerprint density at radius 2 is 2.00 bits per heavy atom. The van der Waals surface area contributed by atoms with Crippen LogP contribution in [0, 0.1) is 0 Å². The van der Waals surface area contributed by atoms with E-state index in [1.54, 1.807) is 18.2 Å². The number of benzene rings is 1. The highest BCUT2D eigenvalue weighted by atomic mass is 16.5. The molecule has 1 rings (SSSR count). The van der Waals surface area contributed by atoms with Crippen LogP contribution in [0.5, 0.6) is 11.5 Å². The van der Waals surface area contributed by atoms with Crippen LogP contribution in [-0.4, -0.2) is 30.3 Å². The van der Waals surface area contributed by atoms with Gasteiger partial charge in [0.1, 0.15) is 0 Å². The van der Waals surface area contributed by atoms with Gasteiger partial charge >= 0.3 is 0 Å². The zero-order valence-electron chi connectivity index (χ0n) is 8.90. The first-order valence-corrected chi connectivity index (χ1v) is 4.76. The third kappa shape index (κ3) is 2.64. The molecule has 1 aromatic carbocycles. The minimum atomic E-state index is 0.00306. The molecule has 0 fully saturated rings. The second kappa shape index (κ2) is 4.86. The van der Waals surface area contributed by atoms with Crippen molar-refractivity contribution >= 4 is 0 Å². The highest BCUT2D eigenvalue weighted by molar-refractivity contribution is 5.38. The minimum absolute atomic E-state index is 0.00306. The van der Waals surface area contributed by atoms with Crippen LogP contribution in [0.3, 0.4) is 0 Å². The predicted octanol–water partition coefficient (Wildman–Crippen LogP) is 2.07. The third-order valence-electron chi connectivity index (χ3n) is 2.05. The van der Waals surface area contributed by atoms with Gasteiger partial charge in [0.25, 0.3) is 0 Å². The Bertz CT molecular complexity index is 286. The number of hydrogen-bond acceptors (Lipinski definition) is 3. The van der Waals surface area contributed by atoms with Crippen LogP contribution in [0.25, 0.3) is 0 Å². The molecular weight excluding hydrogens is 178 g/mol. The summed E-state index contributed by atoms with van der Waals surface area (Å²) in [5.41, 5.74) is 0. The number of ether oxygens (including phenoxy) is 1. The maximum atomic E-state index is 9.49. The molecule has 14 heavy (non-hydrogen) atoms. The Morgan fingerprint density at radius 1 is 1.36 bits per heavy atom. The van der Waals surface area contributed by atoms with Crippen molar-refractivity contribution in [1.29, 1.82) is 0 Å². The van der Waals surface area contributed by atoms with E-state index in [1.807, 2.05) is 32.0 Å². The van der Waals surface area contributed by atoms with Gasteiger partial charge in [-0.25, -0.2) is 0 Å². The van der Waals surface area contributed by atoms with E-state index < -0.39 is 0 Å². The Labute approximate surface area is 84.9 Å². The van der Waals surface area contributed by atoms with Gasteiger partial charge in [-0.15, -0.1) is 0 Å². The van der Waals surface area contributed by atoms with Crippen LogP contribution < -0.4 is 4.74 Å². The summed E-state index contributed by atoms with van der Waals surface area (Å²) in [4.78, 5) is 1.98. The average molecular weight is 195 g/mol. The molecule has 0 aliphatic carbocycles. The van der Waals surface area contributed by atoms with Crippen LogP contribution in [0.2, 0.25) is 0 Å². The van der Waals surface area contributed by atoms with E-state index in [9.17, 15) is 5.11 Å². The summed E-state index contributed by atoms with van der Waals surface area (Å²) < 4.78 is 5.63. The molecule has 3 nitrogen and oxygen atoms in total. The molecule has 0 spiro atoms. The first-order chi connectivity index (χ1) is 6.65. The lowest BCUT2D eigenvalue weighted by Gasteiger charge is -2.24. The zero-order chi connectivity index (χ0) is 10.6. The van der Waals surface area contributed by atoms with E-state index in [0.717, 1.165) is 6.42 Å². The third-order valence-corrected chi connectivity index (χ3v) is 2.05. The fourth-order valence-corrected chi connectivity index (χ4v) is 1.26. The van der Waals surface area contributed by atoms with Crippen molar-refractivity contribution in [1.82, 2.24) is 4.90 Å². The Balaban J connectivity index is 2.72. The summed E-state index contributed by atoms with van der Waals surface area (Å²) in [7, 11) is 3.91. The summed E-state index contributed by atoms with van der Waals surface area (Å²) in [5.74, 6) is 0.723. The summed E-state index contributed by atoms with van der Waals surface area (Å²) in [6.07, 6.45) is 0.879. The molecule has 0 radical (unpaired) electrons. The highest BCUT2D eigenvalue weighted by Crippen LogP contribution is 2.26. The number of nitrogens with zero attached hydrogens (tertiary/aromatic N) is 1. The van der Waals surface area contributed by atoms with Gasteiger partial charge in [0.2, 0.25) is 0 Å². The molecule has 0 saturated heterocycles. The quantitative estimate of drug-likeness (QED) is 0.746. The van der Waals surface area contributed by atoms with E-state index in [2.05, 4.69) is 0 Å². The van der Waals surface area contributed by atoms with Crippen molar-refractivity contribution in [2.45, 2.75) is 19.6 Å². The normalized spacial score (nSPS) is 12.9. The van der Waals surface area contributed by atoms with Gasteiger partial charge < -0.3 is 9.84 Å². The van der Waals surface area contributed by atoms with E-state index in [0.29, 0.717) is 5.75 Å². The van der Waals surface area contributed by atoms with Gasteiger partial charge in [0.05, 0.1) is 0 Å². The Morgan fingerprint density at radius 3 is 2.50 bits per heavy atom. The van der Waals surface area contributed by atoms with Gasteiger partial charge in [0, 0.05) is 0 Å². The van der Waals surface area contributed by atoms with Gasteiger partial charge in [-0.3, -0.25) is 4.90 Å². The summed E-state index contributed by atoms with van der Waals surface area (Å²) in [6, 6.07) is 7.01. The standard InChI is InChI=1S/C11H17NO2/c1-4-11(12(2)3)14-10-8-6-5-7-9(10)13/h5-8,11,13H,4H2,1-3H3. The van der Waals surface area contributed by atoms with Gasteiger partial charge in [-0.1, -0.05) is 19.1 Å². The molecule has 0 aliphatic rings. The molecule has 1 aromatic rings. The fraction of sp³-hybridized carbons (Fsp3) is 0.455. The molecular formula is C11H17NO2. The monoisotopic (exact) mass is 195 g/mol. The SMILES string of the molecule is CCC(Oc1ccccc1O)N(C)C. The molecule has 0 bridgehead atoms. The Kier molecular flexibility index (Phi) is 3.77. The van der Waals surface area contributed by atoms with Gasteiger partial charge in [-0.05, 0) is 32.6 Å². The Hall–Kier alpha value is -1.22. The average Bonchev–Trinajstić information content (AvgIpc) is 2.16. The first kappa shape index (κ1) is 10.9. The topological polar surface area (TPSA) is 32.7 Å². The maximum absolute atomic E-state index is 9.49. The van der Waals surface area contributed by atoms with Crippen molar-refractivity contribution in [2.24, 2.45) is 0 Å². The summed E-state index contributed by atoms with van der Waals surface area (Å²) in [6.45, 7) is 2.05. The number of phenolic OH excluding ortho intramolecular Hbond substituents is 1. The number of rotatable bonds is 4. The molecule has 1 unspecified atom stereocenters. The second-order valence-electron chi connectivity index (χ2n) is 3.41. The molecule has 1 N–H and O–H groups in total. The number of phenols is 1. The molecule has 1 atom stereocenters. The molecule has 0 aliphatic heterocycles. The highest BCUT2D eigenvalue weighted by Gasteiger charge is 2.11. The lowest BCUT2D eigenvalue weighted by molar-refractivity contribution is 0.0587. The van der Waals surface area contributed by atoms with Crippen LogP contribution in [0.1, 0.15) is 13.3 Å². The van der Waals surface area contributed by atoms with Gasteiger partial charge in [0.15, 0.2) is 17.7 Å². The molecule has 3 heteroatoms. The largest absolute Gasteiger partial charge is 0.504 e. The first-order valence-electron chi connectivity index (χ1n) is 4.76. The lowest BCUT2D eigenvalue weighted by Crippen LogP contribution is -2.32. The predicted molar refractivity (Wildman–Crippen MR) is 56.5 cm³/mol. The van der Waals surface area contributed by atoms with E-state index in [4.69, 9.17) is 4.74 Å². The van der Waals surface area contributed by atoms with Crippen molar-refractivity contribution in [3.8, 4) is 11.5 Å². The van der Waals surface area contributed by atoms with Crippen LogP contribution >= 0.6 is 0 Å². The zero-order valence-corrected chi connectivity index (χ0v) is 8.90. The molecule has 0 amide bonds. The van der Waals surface area contributed by atoms with Crippen molar-refractivity contribution < 1.29 is 9.84 Å². The van der Waals surface area contributed by atoms with Crippen molar-refractivity contribution in [3.05, 3.63) is 24.3 Å². The number of hydrogen-bond donors (Lipinski definition) is 1. The molecule has 0 heterocycles. The summed E-state index contributed by atoms with van der Waals surface area (Å²) in [5, 5.41) is 9.49. The molecule has 78 valence electrons. The van der Waals surface area contributed by atoms with E-state index in [1.165, 1.54) is 0 Å². The van der Waals surface area contributed by atoms with Crippen LogP contribution in [0.15, 0.2) is 24.3 Å². The van der Waals surface area contributed by atoms with Crippen LogP contribution in [0.4, 0.5) is 0 Å². The van der Waals surface area contributed by atoms with E-state index in [-0.39, 0.29) is 12.0 Å². The van der Waals surface area contributed by atoms with Crippen molar-refractivity contribution in [3.63, 3.8) is 0 Å². The lowest BCUT2D eigenvalue weighted by atomic mass is 10.3. The molecule has 0 aromatic heterocycles. The second-order valence-corrected chi connectivity index (χ2v) is 3.41. The maximum Gasteiger partial charge on any atom is 0.163 e.